The minimum Gasteiger partial charge on any atom is -0.478 e. The lowest BCUT2D eigenvalue weighted by molar-refractivity contribution is -0.131. The number of hydrogen-bond acceptors (Lipinski definition) is 2. The summed E-state index contributed by atoms with van der Waals surface area (Å²) in [4.78, 5) is 22.4. The summed E-state index contributed by atoms with van der Waals surface area (Å²) >= 11 is 0. The van der Waals surface area contributed by atoms with Crippen molar-refractivity contribution in [2.24, 2.45) is 0 Å². The Balaban J connectivity index is 2.37. The van der Waals surface area contributed by atoms with Crippen LogP contribution in [0.2, 0.25) is 0 Å². The van der Waals surface area contributed by atoms with Crippen LogP contribution in [0.15, 0.2) is 36.4 Å². The Bertz CT molecular complexity index is 860. The van der Waals surface area contributed by atoms with Crippen LogP contribution in [0.25, 0.3) is 16.7 Å². The third-order valence-electron chi connectivity index (χ3n) is 3.86. The van der Waals surface area contributed by atoms with Gasteiger partial charge in [0.15, 0.2) is 0 Å². The Labute approximate surface area is 127 Å². The van der Waals surface area contributed by atoms with Crippen LogP contribution in [0.5, 0.6) is 0 Å². The van der Waals surface area contributed by atoms with E-state index in [0.29, 0.717) is 11.1 Å². The normalized spacial score (nSPS) is 13.8. The third-order valence-corrected chi connectivity index (χ3v) is 3.86. The molecule has 0 bridgehead atoms. The molecule has 4 heteroatoms. The maximum Gasteiger partial charge on any atom is 0.335 e. The maximum atomic E-state index is 11.2. The molecule has 2 aromatic rings. The molecule has 3 rings (SSSR count). The number of carbonyl (C=O) groups is 2. The number of hydrogen-bond donors (Lipinski definition) is 2. The quantitative estimate of drug-likeness (QED) is 0.709. The second-order valence-corrected chi connectivity index (χ2v) is 5.47. The Kier molecular flexibility index (Phi) is 3.10. The number of aromatic carboxylic acids is 1. The monoisotopic (exact) mass is 294 g/mol. The summed E-state index contributed by atoms with van der Waals surface area (Å²) in [5.41, 5.74) is 6.14. The lowest BCUT2D eigenvalue weighted by Gasteiger charge is -2.07. The minimum atomic E-state index is -1.05. The molecule has 22 heavy (non-hydrogen) atoms. The molecule has 0 saturated carbocycles. The van der Waals surface area contributed by atoms with Gasteiger partial charge in [0, 0.05) is 6.08 Å². The second-order valence-electron chi connectivity index (χ2n) is 5.47. The highest BCUT2D eigenvalue weighted by molar-refractivity contribution is 6.08. The van der Waals surface area contributed by atoms with E-state index in [9.17, 15) is 9.59 Å². The van der Waals surface area contributed by atoms with Crippen molar-refractivity contribution in [1.82, 2.24) is 0 Å². The molecule has 110 valence electrons. The first kappa shape index (κ1) is 14.1. The van der Waals surface area contributed by atoms with Crippen molar-refractivity contribution >= 4 is 17.5 Å². The molecule has 0 saturated heterocycles. The van der Waals surface area contributed by atoms with Gasteiger partial charge in [0.2, 0.25) is 0 Å². The van der Waals surface area contributed by atoms with E-state index in [1.807, 2.05) is 26.0 Å². The fraction of sp³-hybridized carbons (Fsp3) is 0.111. The number of fused-ring (bicyclic) bond motifs is 3. The maximum absolute atomic E-state index is 11.2. The minimum absolute atomic E-state index is 0.150. The SMILES string of the molecule is Cc1cc(C)c2c(c1)-c1ccc(C(=O)O)cc1/C2=C/C(=O)O. The molecule has 0 spiro atoms. The van der Waals surface area contributed by atoms with E-state index >= 15 is 0 Å². The van der Waals surface area contributed by atoms with E-state index in [1.54, 1.807) is 18.2 Å². The summed E-state index contributed by atoms with van der Waals surface area (Å²) in [5, 5.41) is 18.3. The molecule has 1 aliphatic rings. The summed E-state index contributed by atoms with van der Waals surface area (Å²) in [5.74, 6) is -2.07. The van der Waals surface area contributed by atoms with Crippen molar-refractivity contribution < 1.29 is 19.8 Å². The van der Waals surface area contributed by atoms with Gasteiger partial charge in [0.25, 0.3) is 0 Å². The second kappa shape index (κ2) is 4.84. The molecular formula is C18H14O4. The molecule has 0 unspecified atom stereocenters. The predicted octanol–water partition coefficient (Wildman–Crippen LogP) is 3.50. The zero-order chi connectivity index (χ0) is 16.0. The predicted molar refractivity (Wildman–Crippen MR) is 83.0 cm³/mol. The van der Waals surface area contributed by atoms with Gasteiger partial charge >= 0.3 is 11.9 Å². The molecular weight excluding hydrogens is 280 g/mol. The molecule has 0 atom stereocenters. The highest BCUT2D eigenvalue weighted by atomic mass is 16.4. The highest BCUT2D eigenvalue weighted by Crippen LogP contribution is 2.46. The van der Waals surface area contributed by atoms with Gasteiger partial charge in [-0.25, -0.2) is 9.59 Å². The first-order valence-electron chi connectivity index (χ1n) is 6.83. The molecule has 0 aliphatic heterocycles. The average Bonchev–Trinajstić information content (AvgIpc) is 2.72. The number of carboxylic acid groups (broad SMARTS) is 2. The Hall–Kier alpha value is -2.88. The van der Waals surface area contributed by atoms with Crippen molar-refractivity contribution in [1.29, 1.82) is 0 Å². The molecule has 0 heterocycles. The van der Waals surface area contributed by atoms with Crippen LogP contribution in [0.4, 0.5) is 0 Å². The Morgan fingerprint density at radius 1 is 0.955 bits per heavy atom. The zero-order valence-electron chi connectivity index (χ0n) is 12.2. The summed E-state index contributed by atoms with van der Waals surface area (Å²) in [7, 11) is 0. The number of carboxylic acids is 2. The number of rotatable bonds is 2. The molecule has 2 aromatic carbocycles. The molecule has 0 fully saturated rings. The molecule has 1 aliphatic carbocycles. The third kappa shape index (κ3) is 2.09. The van der Waals surface area contributed by atoms with Gasteiger partial charge in [0.1, 0.15) is 0 Å². The molecule has 0 amide bonds. The summed E-state index contributed by atoms with van der Waals surface area (Å²) < 4.78 is 0. The van der Waals surface area contributed by atoms with Crippen molar-refractivity contribution in [2.45, 2.75) is 13.8 Å². The smallest absolute Gasteiger partial charge is 0.335 e. The van der Waals surface area contributed by atoms with Crippen LogP contribution in [0.3, 0.4) is 0 Å². The molecule has 0 aromatic heterocycles. The highest BCUT2D eigenvalue weighted by Gasteiger charge is 2.27. The zero-order valence-corrected chi connectivity index (χ0v) is 12.2. The van der Waals surface area contributed by atoms with E-state index in [2.05, 4.69) is 0 Å². The summed E-state index contributed by atoms with van der Waals surface area (Å²) in [6.45, 7) is 3.92. The van der Waals surface area contributed by atoms with Crippen LogP contribution in [0.1, 0.15) is 32.6 Å². The first-order valence-corrected chi connectivity index (χ1v) is 6.83. The van der Waals surface area contributed by atoms with Gasteiger partial charge in [-0.05, 0) is 59.4 Å². The fourth-order valence-corrected chi connectivity index (χ4v) is 3.08. The van der Waals surface area contributed by atoms with Gasteiger partial charge in [-0.15, -0.1) is 0 Å². The lowest BCUT2D eigenvalue weighted by atomic mass is 9.97. The Morgan fingerprint density at radius 2 is 1.68 bits per heavy atom. The van der Waals surface area contributed by atoms with E-state index in [-0.39, 0.29) is 5.56 Å². The number of aliphatic carboxylic acids is 1. The topological polar surface area (TPSA) is 74.6 Å². The standard InChI is InChI=1S/C18H14O4/c1-9-5-10(2)17-14(6-9)12-4-3-11(18(21)22)7-13(12)15(17)8-16(19)20/h3-8H,1-2H3,(H,19,20)(H,21,22)/b15-8-. The first-order chi connectivity index (χ1) is 10.4. The van der Waals surface area contributed by atoms with E-state index < -0.39 is 11.9 Å². The Morgan fingerprint density at radius 3 is 2.32 bits per heavy atom. The number of aryl methyl sites for hydroxylation is 2. The summed E-state index contributed by atoms with van der Waals surface area (Å²) in [6.07, 6.45) is 1.15. The van der Waals surface area contributed by atoms with Crippen molar-refractivity contribution in [3.8, 4) is 11.1 Å². The molecule has 4 nitrogen and oxygen atoms in total. The lowest BCUT2D eigenvalue weighted by Crippen LogP contribution is -1.98. The van der Waals surface area contributed by atoms with Gasteiger partial charge in [-0.3, -0.25) is 0 Å². The average molecular weight is 294 g/mol. The van der Waals surface area contributed by atoms with Gasteiger partial charge in [-0.2, -0.15) is 0 Å². The summed E-state index contributed by atoms with van der Waals surface area (Å²) in [6, 6.07) is 8.84. The van der Waals surface area contributed by atoms with Crippen LogP contribution < -0.4 is 0 Å². The molecule has 2 N–H and O–H groups in total. The van der Waals surface area contributed by atoms with Crippen LogP contribution in [-0.2, 0) is 4.79 Å². The largest absolute Gasteiger partial charge is 0.478 e. The van der Waals surface area contributed by atoms with Crippen molar-refractivity contribution in [2.75, 3.05) is 0 Å². The molecule has 0 radical (unpaired) electrons. The van der Waals surface area contributed by atoms with Gasteiger partial charge in [0.05, 0.1) is 5.56 Å². The fourth-order valence-electron chi connectivity index (χ4n) is 3.08. The van der Waals surface area contributed by atoms with Crippen LogP contribution in [-0.4, -0.2) is 22.2 Å². The van der Waals surface area contributed by atoms with E-state index in [1.165, 1.54) is 0 Å². The number of benzene rings is 2. The van der Waals surface area contributed by atoms with Crippen molar-refractivity contribution in [3.63, 3.8) is 0 Å². The van der Waals surface area contributed by atoms with E-state index in [0.717, 1.165) is 33.9 Å². The van der Waals surface area contributed by atoms with Crippen LogP contribution >= 0.6 is 0 Å². The van der Waals surface area contributed by atoms with Crippen molar-refractivity contribution in [3.05, 3.63) is 64.2 Å². The van der Waals surface area contributed by atoms with Gasteiger partial charge in [-0.1, -0.05) is 23.8 Å². The van der Waals surface area contributed by atoms with Crippen LogP contribution in [0, 0.1) is 13.8 Å². The van der Waals surface area contributed by atoms with E-state index in [4.69, 9.17) is 10.2 Å². The van der Waals surface area contributed by atoms with Gasteiger partial charge < -0.3 is 10.2 Å².